The van der Waals surface area contributed by atoms with Crippen molar-refractivity contribution in [2.45, 2.75) is 71.8 Å². The number of carbonyl (C=O) groups is 1. The number of hydrogen-bond acceptors (Lipinski definition) is 2. The van der Waals surface area contributed by atoms with Crippen LogP contribution in [0, 0.1) is 5.92 Å². The molecule has 1 unspecified atom stereocenters. The van der Waals surface area contributed by atoms with Crippen LogP contribution in [-0.4, -0.2) is 30.1 Å². The second-order valence-electron chi connectivity index (χ2n) is 5.91. The molecule has 18 heavy (non-hydrogen) atoms. The van der Waals surface area contributed by atoms with Gasteiger partial charge in [0.2, 0.25) is 5.91 Å². The number of rotatable bonds is 9. The monoisotopic (exact) mass is 254 g/mol. The minimum atomic E-state index is 0.0742. The van der Waals surface area contributed by atoms with Gasteiger partial charge in [-0.2, -0.15) is 0 Å². The van der Waals surface area contributed by atoms with Crippen LogP contribution in [0.3, 0.4) is 0 Å². The number of amides is 1. The van der Waals surface area contributed by atoms with E-state index in [1.54, 1.807) is 0 Å². The summed E-state index contributed by atoms with van der Waals surface area (Å²) in [4.78, 5) is 14.1. The molecular formula is C15H30N2O. The lowest BCUT2D eigenvalue weighted by atomic mass is 10.0. The van der Waals surface area contributed by atoms with E-state index < -0.39 is 0 Å². The average molecular weight is 254 g/mol. The normalized spacial score (nSPS) is 20.1. The molecule has 1 atom stereocenters. The lowest BCUT2D eigenvalue weighted by molar-refractivity contribution is -0.129. The van der Waals surface area contributed by atoms with Crippen LogP contribution in [0.25, 0.3) is 0 Å². The fourth-order valence-corrected chi connectivity index (χ4v) is 2.53. The van der Waals surface area contributed by atoms with Crippen molar-refractivity contribution >= 4 is 5.91 Å². The standard InChI is InChI=1S/C15H30N2O/c1-4-5-6-7-8-9-10-17-12-16-14(15(17)18)11-13(2)3/h13-14,16H,4-12H2,1-3H3. The zero-order chi connectivity index (χ0) is 13.4. The number of carbonyl (C=O) groups excluding carboxylic acids is 1. The molecule has 0 radical (unpaired) electrons. The first kappa shape index (κ1) is 15.5. The topological polar surface area (TPSA) is 32.3 Å². The highest BCUT2D eigenvalue weighted by atomic mass is 16.2. The highest BCUT2D eigenvalue weighted by Gasteiger charge is 2.30. The molecule has 1 aliphatic heterocycles. The average Bonchev–Trinajstić information content (AvgIpc) is 2.65. The lowest BCUT2D eigenvalue weighted by Crippen LogP contribution is -2.32. The first-order valence-electron chi connectivity index (χ1n) is 7.67. The predicted octanol–water partition coefficient (Wildman–Crippen LogP) is 3.15. The summed E-state index contributed by atoms with van der Waals surface area (Å²) in [6, 6.07) is 0.0742. The van der Waals surface area contributed by atoms with Crippen LogP contribution in [0.1, 0.15) is 65.7 Å². The zero-order valence-corrected chi connectivity index (χ0v) is 12.4. The van der Waals surface area contributed by atoms with Gasteiger partial charge in [0.25, 0.3) is 0 Å². The Kier molecular flexibility index (Phi) is 7.33. The van der Waals surface area contributed by atoms with Crippen LogP contribution in [0.5, 0.6) is 0 Å². The Bertz CT molecular complexity index is 241. The highest BCUT2D eigenvalue weighted by Crippen LogP contribution is 2.14. The van der Waals surface area contributed by atoms with Crippen molar-refractivity contribution in [3.8, 4) is 0 Å². The summed E-state index contributed by atoms with van der Waals surface area (Å²) in [6.45, 7) is 8.28. The van der Waals surface area contributed by atoms with Crippen molar-refractivity contribution < 1.29 is 4.79 Å². The molecule has 1 saturated heterocycles. The highest BCUT2D eigenvalue weighted by molar-refractivity contribution is 5.83. The first-order chi connectivity index (χ1) is 8.65. The lowest BCUT2D eigenvalue weighted by Gasteiger charge is -2.15. The Morgan fingerprint density at radius 2 is 1.89 bits per heavy atom. The molecule has 0 aliphatic carbocycles. The van der Waals surface area contributed by atoms with E-state index in [0.717, 1.165) is 26.1 Å². The molecule has 0 aromatic heterocycles. The van der Waals surface area contributed by atoms with Gasteiger partial charge in [0.15, 0.2) is 0 Å². The minimum absolute atomic E-state index is 0.0742. The molecule has 1 heterocycles. The van der Waals surface area contributed by atoms with E-state index in [-0.39, 0.29) is 6.04 Å². The van der Waals surface area contributed by atoms with Crippen LogP contribution >= 0.6 is 0 Å². The van der Waals surface area contributed by atoms with Crippen molar-refractivity contribution in [3.05, 3.63) is 0 Å². The Morgan fingerprint density at radius 1 is 1.22 bits per heavy atom. The van der Waals surface area contributed by atoms with Gasteiger partial charge in [-0.15, -0.1) is 0 Å². The second kappa shape index (κ2) is 8.52. The molecular weight excluding hydrogens is 224 g/mol. The van der Waals surface area contributed by atoms with Gasteiger partial charge in [-0.1, -0.05) is 52.9 Å². The maximum atomic E-state index is 12.1. The SMILES string of the molecule is CCCCCCCCN1CNC(CC(C)C)C1=O. The molecule has 1 rings (SSSR count). The largest absolute Gasteiger partial charge is 0.329 e. The van der Waals surface area contributed by atoms with Gasteiger partial charge in [0, 0.05) is 6.54 Å². The van der Waals surface area contributed by atoms with Crippen LogP contribution in [0.4, 0.5) is 0 Å². The maximum Gasteiger partial charge on any atom is 0.240 e. The van der Waals surface area contributed by atoms with E-state index in [0.29, 0.717) is 11.8 Å². The number of nitrogens with zero attached hydrogens (tertiary/aromatic N) is 1. The Labute approximate surface area is 112 Å². The number of unbranched alkanes of at least 4 members (excludes halogenated alkanes) is 5. The van der Waals surface area contributed by atoms with Crippen LogP contribution < -0.4 is 5.32 Å². The third kappa shape index (κ3) is 5.38. The molecule has 1 N–H and O–H groups in total. The summed E-state index contributed by atoms with van der Waals surface area (Å²) in [5.74, 6) is 0.901. The van der Waals surface area contributed by atoms with Crippen LogP contribution in [-0.2, 0) is 4.79 Å². The van der Waals surface area contributed by atoms with Crippen LogP contribution in [0.2, 0.25) is 0 Å². The minimum Gasteiger partial charge on any atom is -0.329 e. The zero-order valence-electron chi connectivity index (χ0n) is 12.4. The third-order valence-electron chi connectivity index (χ3n) is 3.63. The van der Waals surface area contributed by atoms with Crippen molar-refractivity contribution in [3.63, 3.8) is 0 Å². The molecule has 1 aliphatic rings. The summed E-state index contributed by atoms with van der Waals surface area (Å²) < 4.78 is 0. The fourth-order valence-electron chi connectivity index (χ4n) is 2.53. The Balaban J connectivity index is 2.11. The molecule has 0 aromatic carbocycles. The van der Waals surface area contributed by atoms with E-state index in [4.69, 9.17) is 0 Å². The molecule has 0 bridgehead atoms. The molecule has 3 heteroatoms. The summed E-state index contributed by atoms with van der Waals surface area (Å²) in [5, 5.41) is 3.33. The van der Waals surface area contributed by atoms with Gasteiger partial charge in [-0.05, 0) is 18.8 Å². The van der Waals surface area contributed by atoms with Gasteiger partial charge >= 0.3 is 0 Å². The van der Waals surface area contributed by atoms with Gasteiger partial charge < -0.3 is 4.90 Å². The van der Waals surface area contributed by atoms with Gasteiger partial charge in [-0.25, -0.2) is 0 Å². The molecule has 0 aromatic rings. The molecule has 0 spiro atoms. The summed E-state index contributed by atoms with van der Waals surface area (Å²) in [6.07, 6.45) is 8.69. The van der Waals surface area contributed by atoms with E-state index in [1.807, 2.05) is 4.90 Å². The predicted molar refractivity (Wildman–Crippen MR) is 76.3 cm³/mol. The molecule has 1 amide bonds. The maximum absolute atomic E-state index is 12.1. The second-order valence-corrected chi connectivity index (χ2v) is 5.91. The van der Waals surface area contributed by atoms with Gasteiger partial charge in [0.05, 0.1) is 12.7 Å². The summed E-state index contributed by atoms with van der Waals surface area (Å²) in [5.41, 5.74) is 0. The number of hydrogen-bond donors (Lipinski definition) is 1. The quantitative estimate of drug-likeness (QED) is 0.641. The van der Waals surface area contributed by atoms with Crippen molar-refractivity contribution in [2.75, 3.05) is 13.2 Å². The van der Waals surface area contributed by atoms with Crippen LogP contribution in [0.15, 0.2) is 0 Å². The molecule has 3 nitrogen and oxygen atoms in total. The van der Waals surface area contributed by atoms with Crippen molar-refractivity contribution in [1.82, 2.24) is 10.2 Å². The molecule has 0 saturated carbocycles. The van der Waals surface area contributed by atoms with E-state index in [1.165, 1.54) is 32.1 Å². The van der Waals surface area contributed by atoms with E-state index in [9.17, 15) is 4.79 Å². The first-order valence-corrected chi connectivity index (χ1v) is 7.67. The number of nitrogens with one attached hydrogen (secondary N) is 1. The summed E-state index contributed by atoms with van der Waals surface area (Å²) >= 11 is 0. The van der Waals surface area contributed by atoms with E-state index >= 15 is 0 Å². The van der Waals surface area contributed by atoms with E-state index in [2.05, 4.69) is 26.1 Å². The molecule has 1 fully saturated rings. The summed E-state index contributed by atoms with van der Waals surface area (Å²) in [7, 11) is 0. The Hall–Kier alpha value is -0.570. The fraction of sp³-hybridized carbons (Fsp3) is 0.933. The smallest absolute Gasteiger partial charge is 0.240 e. The van der Waals surface area contributed by atoms with Gasteiger partial charge in [-0.3, -0.25) is 10.1 Å². The molecule has 106 valence electrons. The van der Waals surface area contributed by atoms with Crippen molar-refractivity contribution in [2.24, 2.45) is 5.92 Å². The third-order valence-corrected chi connectivity index (χ3v) is 3.63. The van der Waals surface area contributed by atoms with Gasteiger partial charge in [0.1, 0.15) is 0 Å². The van der Waals surface area contributed by atoms with Crippen molar-refractivity contribution in [1.29, 1.82) is 0 Å². The Morgan fingerprint density at radius 3 is 2.56 bits per heavy atom.